The Labute approximate surface area is 201 Å². The average Bonchev–Trinajstić information content (AvgIpc) is 3.14. The molecule has 3 N–H and O–H groups in total. The van der Waals surface area contributed by atoms with Crippen LogP contribution in [0.1, 0.15) is 91.9 Å². The fourth-order valence-electron chi connectivity index (χ4n) is 9.43. The van der Waals surface area contributed by atoms with Crippen LogP contribution in [0.25, 0.3) is 0 Å². The molecule has 4 aliphatic rings. The SMILES string of the molecule is CCOC(=O)CC[C@@H](C)[C@H]1CCC2C3C(CC[C@@]21C)[C@@]1(C)CC[C@@H](NCCO)C[C@H]1C[C@H]3O. The van der Waals surface area contributed by atoms with E-state index in [1.807, 2.05) is 6.92 Å². The van der Waals surface area contributed by atoms with Crippen molar-refractivity contribution in [2.45, 2.75) is 104 Å². The number of aliphatic hydroxyl groups is 2. The van der Waals surface area contributed by atoms with Crippen LogP contribution in [0.3, 0.4) is 0 Å². The summed E-state index contributed by atoms with van der Waals surface area (Å²) in [6.07, 6.45) is 10.8. The lowest BCUT2D eigenvalue weighted by molar-refractivity contribution is -0.167. The van der Waals surface area contributed by atoms with Gasteiger partial charge in [-0.2, -0.15) is 0 Å². The first-order chi connectivity index (χ1) is 15.7. The standard InChI is InChI=1S/C28H49NO4/c1-5-33-25(32)9-6-18(2)21-7-8-22-26-23(11-13-28(21,22)4)27(3)12-10-20(29-14-15-30)16-19(27)17-24(26)31/h18-24,26,29-31H,5-17H2,1-4H3/t18-,19+,20-,21-,22?,23?,24-,26?,27+,28-/m1/s1. The highest BCUT2D eigenvalue weighted by atomic mass is 16.5. The van der Waals surface area contributed by atoms with Crippen molar-refractivity contribution in [2.75, 3.05) is 19.8 Å². The fraction of sp³-hybridized carbons (Fsp3) is 0.964. The largest absolute Gasteiger partial charge is 0.466 e. The molecule has 0 aromatic heterocycles. The van der Waals surface area contributed by atoms with Gasteiger partial charge in [0, 0.05) is 19.0 Å². The van der Waals surface area contributed by atoms with E-state index in [1.165, 1.54) is 38.5 Å². The van der Waals surface area contributed by atoms with Crippen LogP contribution in [0, 0.1) is 46.3 Å². The molecule has 5 heteroatoms. The van der Waals surface area contributed by atoms with Crippen LogP contribution in [-0.4, -0.2) is 48.1 Å². The van der Waals surface area contributed by atoms with E-state index in [0.29, 0.717) is 72.0 Å². The lowest BCUT2D eigenvalue weighted by Gasteiger charge is -2.62. The highest BCUT2D eigenvalue weighted by Gasteiger charge is 2.62. The molecule has 5 nitrogen and oxygen atoms in total. The maximum atomic E-state index is 11.9. The lowest BCUT2D eigenvalue weighted by atomic mass is 9.43. The maximum Gasteiger partial charge on any atom is 0.305 e. The summed E-state index contributed by atoms with van der Waals surface area (Å²) >= 11 is 0. The maximum absolute atomic E-state index is 11.9. The number of carbonyl (C=O) groups excluding carboxylic acids is 1. The Morgan fingerprint density at radius 3 is 2.55 bits per heavy atom. The molecule has 0 aliphatic heterocycles. The van der Waals surface area contributed by atoms with Crippen molar-refractivity contribution in [1.82, 2.24) is 5.32 Å². The molecule has 4 fully saturated rings. The zero-order valence-electron chi connectivity index (χ0n) is 21.5. The van der Waals surface area contributed by atoms with E-state index >= 15 is 0 Å². The summed E-state index contributed by atoms with van der Waals surface area (Å²) < 4.78 is 5.17. The summed E-state index contributed by atoms with van der Waals surface area (Å²) in [4.78, 5) is 11.9. The number of esters is 1. The summed E-state index contributed by atoms with van der Waals surface area (Å²) in [7, 11) is 0. The molecular weight excluding hydrogens is 414 g/mol. The van der Waals surface area contributed by atoms with E-state index in [1.54, 1.807) is 0 Å². The average molecular weight is 464 g/mol. The summed E-state index contributed by atoms with van der Waals surface area (Å²) in [6.45, 7) is 10.6. The van der Waals surface area contributed by atoms with Gasteiger partial charge >= 0.3 is 5.97 Å². The van der Waals surface area contributed by atoms with Crippen LogP contribution < -0.4 is 5.32 Å². The second-order valence-corrected chi connectivity index (χ2v) is 12.5. The molecule has 0 aromatic rings. The van der Waals surface area contributed by atoms with Crippen LogP contribution in [0.2, 0.25) is 0 Å². The molecule has 0 saturated heterocycles. The van der Waals surface area contributed by atoms with Crippen molar-refractivity contribution in [1.29, 1.82) is 0 Å². The molecule has 33 heavy (non-hydrogen) atoms. The van der Waals surface area contributed by atoms with Gasteiger partial charge in [-0.25, -0.2) is 0 Å². The summed E-state index contributed by atoms with van der Waals surface area (Å²) in [5.41, 5.74) is 0.634. The third-order valence-corrected chi connectivity index (χ3v) is 11.1. The Balaban J connectivity index is 1.45. The van der Waals surface area contributed by atoms with Gasteiger partial charge in [-0.05, 0) is 111 Å². The van der Waals surface area contributed by atoms with Crippen LogP contribution in [0.15, 0.2) is 0 Å². The molecule has 0 amide bonds. The topological polar surface area (TPSA) is 78.8 Å². The smallest absolute Gasteiger partial charge is 0.305 e. The minimum absolute atomic E-state index is 0.0569. The highest BCUT2D eigenvalue weighted by Crippen LogP contribution is 2.68. The monoisotopic (exact) mass is 463 g/mol. The number of ether oxygens (including phenoxy) is 1. The van der Waals surface area contributed by atoms with Crippen LogP contribution >= 0.6 is 0 Å². The first-order valence-electron chi connectivity index (χ1n) is 13.9. The molecule has 0 aromatic carbocycles. The summed E-state index contributed by atoms with van der Waals surface area (Å²) in [5, 5.41) is 24.3. The van der Waals surface area contributed by atoms with Crippen LogP contribution in [0.4, 0.5) is 0 Å². The van der Waals surface area contributed by atoms with Gasteiger partial charge in [-0.15, -0.1) is 0 Å². The minimum atomic E-state index is -0.178. The van der Waals surface area contributed by atoms with Crippen molar-refractivity contribution < 1.29 is 19.7 Å². The number of hydrogen-bond donors (Lipinski definition) is 3. The molecule has 4 saturated carbocycles. The van der Waals surface area contributed by atoms with Crippen LogP contribution in [-0.2, 0) is 9.53 Å². The Hall–Kier alpha value is -0.650. The molecule has 0 heterocycles. The predicted octanol–water partition coefficient (Wildman–Crippen LogP) is 4.55. The van der Waals surface area contributed by atoms with Crippen molar-refractivity contribution >= 4 is 5.97 Å². The third kappa shape index (κ3) is 4.63. The Bertz CT molecular complexity index is 685. The van der Waals surface area contributed by atoms with Gasteiger partial charge in [0.15, 0.2) is 0 Å². The fourth-order valence-corrected chi connectivity index (χ4v) is 9.43. The molecule has 190 valence electrons. The third-order valence-electron chi connectivity index (χ3n) is 11.1. The number of hydrogen-bond acceptors (Lipinski definition) is 5. The van der Waals surface area contributed by atoms with E-state index in [2.05, 4.69) is 26.1 Å². The highest BCUT2D eigenvalue weighted by molar-refractivity contribution is 5.69. The van der Waals surface area contributed by atoms with Gasteiger partial charge in [-0.3, -0.25) is 4.79 Å². The van der Waals surface area contributed by atoms with E-state index in [4.69, 9.17) is 4.74 Å². The van der Waals surface area contributed by atoms with Crippen molar-refractivity contribution in [3.8, 4) is 0 Å². The van der Waals surface area contributed by atoms with Gasteiger partial charge in [0.1, 0.15) is 0 Å². The second-order valence-electron chi connectivity index (χ2n) is 12.5. The number of rotatable bonds is 8. The summed E-state index contributed by atoms with van der Waals surface area (Å²) in [6, 6.07) is 0.490. The van der Waals surface area contributed by atoms with Gasteiger partial charge in [0.05, 0.1) is 19.3 Å². The molecule has 3 unspecified atom stereocenters. The molecule has 10 atom stereocenters. The van der Waals surface area contributed by atoms with Gasteiger partial charge in [-0.1, -0.05) is 20.8 Å². The van der Waals surface area contributed by atoms with Crippen molar-refractivity contribution in [2.24, 2.45) is 46.3 Å². The lowest BCUT2D eigenvalue weighted by Crippen LogP contribution is -2.59. The Morgan fingerprint density at radius 1 is 1.09 bits per heavy atom. The van der Waals surface area contributed by atoms with Gasteiger partial charge in [0.2, 0.25) is 0 Å². The first-order valence-corrected chi connectivity index (χ1v) is 13.9. The van der Waals surface area contributed by atoms with E-state index in [0.717, 1.165) is 19.3 Å². The first kappa shape index (κ1) is 25.4. The Kier molecular flexibility index (Phi) is 7.82. The van der Waals surface area contributed by atoms with E-state index in [9.17, 15) is 15.0 Å². The molecular formula is C28H49NO4. The van der Waals surface area contributed by atoms with Crippen molar-refractivity contribution in [3.63, 3.8) is 0 Å². The van der Waals surface area contributed by atoms with Crippen molar-refractivity contribution in [3.05, 3.63) is 0 Å². The zero-order chi connectivity index (χ0) is 23.8. The van der Waals surface area contributed by atoms with Gasteiger partial charge in [0.25, 0.3) is 0 Å². The number of carbonyl (C=O) groups is 1. The molecule has 4 rings (SSSR count). The van der Waals surface area contributed by atoms with Gasteiger partial charge < -0.3 is 20.3 Å². The van der Waals surface area contributed by atoms with E-state index in [-0.39, 0.29) is 18.7 Å². The zero-order valence-corrected chi connectivity index (χ0v) is 21.5. The number of aliphatic hydroxyl groups excluding tert-OH is 2. The molecule has 4 aliphatic carbocycles. The molecule has 0 bridgehead atoms. The normalized spacial score (nSPS) is 45.6. The molecule has 0 spiro atoms. The van der Waals surface area contributed by atoms with E-state index < -0.39 is 0 Å². The minimum Gasteiger partial charge on any atom is -0.466 e. The second kappa shape index (κ2) is 10.1. The molecule has 0 radical (unpaired) electrons. The Morgan fingerprint density at radius 2 is 1.82 bits per heavy atom. The quantitative estimate of drug-likeness (QED) is 0.461. The number of nitrogens with one attached hydrogen (secondary N) is 1. The summed E-state index contributed by atoms with van der Waals surface area (Å²) in [5.74, 6) is 3.39. The van der Waals surface area contributed by atoms with Crippen LogP contribution in [0.5, 0.6) is 0 Å². The predicted molar refractivity (Wildman–Crippen MR) is 131 cm³/mol. The number of fused-ring (bicyclic) bond motifs is 5.